The lowest BCUT2D eigenvalue weighted by atomic mass is 9.88. The Morgan fingerprint density at radius 1 is 1.17 bits per heavy atom. The molecule has 2 atom stereocenters. The quantitative estimate of drug-likeness (QED) is 0.774. The Kier molecular flexibility index (Phi) is 5.35. The van der Waals surface area contributed by atoms with Gasteiger partial charge in [0.15, 0.2) is 0 Å². The third kappa shape index (κ3) is 3.89. The number of carbonyl (C=O) groups is 1. The van der Waals surface area contributed by atoms with Crippen LogP contribution in [0, 0.1) is 18.7 Å². The molecule has 0 bridgehead atoms. The van der Waals surface area contributed by atoms with Crippen LogP contribution in [0.25, 0.3) is 0 Å². The maximum absolute atomic E-state index is 13.2. The predicted octanol–water partition coefficient (Wildman–Crippen LogP) is 3.53. The maximum Gasteiger partial charge on any atom is 0.223 e. The molecule has 5 rings (SSSR count). The molecule has 0 aliphatic carbocycles. The van der Waals surface area contributed by atoms with Gasteiger partial charge in [0.2, 0.25) is 5.91 Å². The van der Waals surface area contributed by atoms with E-state index in [1.807, 2.05) is 16.5 Å². The first-order valence-corrected chi connectivity index (χ1v) is 11.4. The lowest BCUT2D eigenvalue weighted by Gasteiger charge is -2.36. The zero-order valence-corrected chi connectivity index (χ0v) is 17.8. The zero-order valence-electron chi connectivity index (χ0n) is 17.8. The first kappa shape index (κ1) is 19.7. The molecule has 0 saturated carbocycles. The number of aromatic nitrogens is 2. The number of amides is 1. The van der Waals surface area contributed by atoms with Gasteiger partial charge in [-0.25, -0.2) is 4.39 Å². The standard InChI is InChI=1S/C24H31FN4O/c1-17-22-9-12-28(24(30)14-19-8-11-27-10-2-3-21(27)13-19)16-23(22)29(26-17)15-18-4-6-20(25)7-5-18/h4-7,19,21H,2-3,8-16H2,1H3. The summed E-state index contributed by atoms with van der Waals surface area (Å²) in [6, 6.07) is 7.30. The summed E-state index contributed by atoms with van der Waals surface area (Å²) in [4.78, 5) is 17.8. The van der Waals surface area contributed by atoms with Crippen LogP contribution in [-0.2, 0) is 24.3 Å². The molecule has 160 valence electrons. The first-order chi connectivity index (χ1) is 14.6. The van der Waals surface area contributed by atoms with Crippen molar-refractivity contribution in [3.63, 3.8) is 0 Å². The Hall–Kier alpha value is -2.21. The van der Waals surface area contributed by atoms with Crippen LogP contribution < -0.4 is 0 Å². The molecule has 30 heavy (non-hydrogen) atoms. The number of hydrogen-bond donors (Lipinski definition) is 0. The fraction of sp³-hybridized carbons (Fsp3) is 0.583. The van der Waals surface area contributed by atoms with Crippen molar-refractivity contribution in [3.05, 3.63) is 52.6 Å². The molecule has 3 aliphatic heterocycles. The van der Waals surface area contributed by atoms with E-state index in [1.165, 1.54) is 43.5 Å². The van der Waals surface area contributed by atoms with Crippen LogP contribution in [0.1, 0.15) is 54.6 Å². The molecule has 2 saturated heterocycles. The Bertz CT molecular complexity index is 922. The van der Waals surface area contributed by atoms with Gasteiger partial charge >= 0.3 is 0 Å². The van der Waals surface area contributed by atoms with Crippen LogP contribution in [0.3, 0.4) is 0 Å². The average Bonchev–Trinajstić information content (AvgIpc) is 3.33. The second-order valence-corrected chi connectivity index (χ2v) is 9.29. The fourth-order valence-corrected chi connectivity index (χ4v) is 5.65. The summed E-state index contributed by atoms with van der Waals surface area (Å²) in [6.45, 7) is 6.50. The third-order valence-electron chi connectivity index (χ3n) is 7.33. The van der Waals surface area contributed by atoms with Crippen molar-refractivity contribution in [1.29, 1.82) is 0 Å². The van der Waals surface area contributed by atoms with Crippen molar-refractivity contribution in [2.45, 2.75) is 64.6 Å². The highest BCUT2D eigenvalue weighted by Crippen LogP contribution is 2.33. The molecule has 0 radical (unpaired) electrons. The SMILES string of the molecule is Cc1nn(Cc2ccc(F)cc2)c2c1CCN(C(=O)CC1CCN3CCCC3C1)C2. The Morgan fingerprint density at radius 3 is 2.83 bits per heavy atom. The fourth-order valence-electron chi connectivity index (χ4n) is 5.65. The van der Waals surface area contributed by atoms with E-state index in [9.17, 15) is 9.18 Å². The normalized spacial score (nSPS) is 24.0. The van der Waals surface area contributed by atoms with E-state index in [4.69, 9.17) is 5.10 Å². The van der Waals surface area contributed by atoms with Gasteiger partial charge in [-0.3, -0.25) is 9.48 Å². The van der Waals surface area contributed by atoms with Crippen LogP contribution in [-0.4, -0.2) is 51.2 Å². The minimum atomic E-state index is -0.224. The van der Waals surface area contributed by atoms with Crippen LogP contribution in [0.15, 0.2) is 24.3 Å². The monoisotopic (exact) mass is 410 g/mol. The van der Waals surface area contributed by atoms with E-state index >= 15 is 0 Å². The van der Waals surface area contributed by atoms with Gasteiger partial charge in [0, 0.05) is 19.0 Å². The number of piperidine rings is 1. The number of fused-ring (bicyclic) bond motifs is 2. The molecule has 5 nitrogen and oxygen atoms in total. The Labute approximate surface area is 177 Å². The summed E-state index contributed by atoms with van der Waals surface area (Å²) in [5, 5.41) is 4.74. The van der Waals surface area contributed by atoms with E-state index in [0.29, 0.717) is 37.4 Å². The van der Waals surface area contributed by atoms with Crippen LogP contribution in [0.4, 0.5) is 4.39 Å². The number of carbonyl (C=O) groups excluding carboxylic acids is 1. The van der Waals surface area contributed by atoms with Gasteiger partial charge in [0.05, 0.1) is 24.5 Å². The Morgan fingerprint density at radius 2 is 2.00 bits per heavy atom. The summed E-state index contributed by atoms with van der Waals surface area (Å²) in [6.07, 6.45) is 6.52. The smallest absolute Gasteiger partial charge is 0.223 e. The Balaban J connectivity index is 1.26. The number of hydrogen-bond acceptors (Lipinski definition) is 3. The topological polar surface area (TPSA) is 41.4 Å². The lowest BCUT2D eigenvalue weighted by Crippen LogP contribution is -2.41. The molecule has 6 heteroatoms. The zero-order chi connectivity index (χ0) is 20.7. The molecule has 4 heterocycles. The molecule has 2 aromatic rings. The highest BCUT2D eigenvalue weighted by molar-refractivity contribution is 5.76. The van der Waals surface area contributed by atoms with Crippen molar-refractivity contribution < 1.29 is 9.18 Å². The molecule has 1 amide bonds. The molecular weight excluding hydrogens is 379 g/mol. The number of aryl methyl sites for hydroxylation is 1. The van der Waals surface area contributed by atoms with Crippen molar-refractivity contribution in [3.8, 4) is 0 Å². The van der Waals surface area contributed by atoms with E-state index < -0.39 is 0 Å². The molecule has 2 unspecified atom stereocenters. The maximum atomic E-state index is 13.2. The molecule has 0 N–H and O–H groups in total. The van der Waals surface area contributed by atoms with Crippen molar-refractivity contribution in [1.82, 2.24) is 19.6 Å². The van der Waals surface area contributed by atoms with E-state index in [0.717, 1.165) is 42.9 Å². The highest BCUT2D eigenvalue weighted by atomic mass is 19.1. The summed E-state index contributed by atoms with van der Waals surface area (Å²) in [7, 11) is 0. The van der Waals surface area contributed by atoms with Crippen molar-refractivity contribution in [2.75, 3.05) is 19.6 Å². The van der Waals surface area contributed by atoms with E-state index in [-0.39, 0.29) is 5.82 Å². The van der Waals surface area contributed by atoms with Crippen LogP contribution >= 0.6 is 0 Å². The molecule has 1 aromatic carbocycles. The highest BCUT2D eigenvalue weighted by Gasteiger charge is 2.34. The summed E-state index contributed by atoms with van der Waals surface area (Å²) in [5.74, 6) is 0.603. The summed E-state index contributed by atoms with van der Waals surface area (Å²) in [5.41, 5.74) is 4.49. The van der Waals surface area contributed by atoms with Crippen molar-refractivity contribution >= 4 is 5.91 Å². The minimum Gasteiger partial charge on any atom is -0.336 e. The minimum absolute atomic E-state index is 0.224. The van der Waals surface area contributed by atoms with Gasteiger partial charge in [-0.2, -0.15) is 5.10 Å². The van der Waals surface area contributed by atoms with Gasteiger partial charge < -0.3 is 9.80 Å². The first-order valence-electron chi connectivity index (χ1n) is 11.4. The molecule has 2 fully saturated rings. The number of rotatable bonds is 4. The average molecular weight is 411 g/mol. The number of nitrogens with zero attached hydrogens (tertiary/aromatic N) is 4. The van der Waals surface area contributed by atoms with Gasteiger partial charge in [-0.1, -0.05) is 12.1 Å². The number of benzene rings is 1. The van der Waals surface area contributed by atoms with Crippen LogP contribution in [0.5, 0.6) is 0 Å². The van der Waals surface area contributed by atoms with Crippen molar-refractivity contribution in [2.24, 2.45) is 5.92 Å². The second kappa shape index (κ2) is 8.14. The van der Waals surface area contributed by atoms with Gasteiger partial charge in [0.25, 0.3) is 0 Å². The summed E-state index contributed by atoms with van der Waals surface area (Å²) < 4.78 is 15.2. The van der Waals surface area contributed by atoms with E-state index in [2.05, 4.69) is 4.90 Å². The van der Waals surface area contributed by atoms with E-state index in [1.54, 1.807) is 12.1 Å². The molecule has 3 aliphatic rings. The lowest BCUT2D eigenvalue weighted by molar-refractivity contribution is -0.133. The molecule has 0 spiro atoms. The van der Waals surface area contributed by atoms with Gasteiger partial charge in [-0.05, 0) is 81.3 Å². The van der Waals surface area contributed by atoms with Gasteiger partial charge in [-0.15, -0.1) is 0 Å². The molecule has 1 aromatic heterocycles. The molecular formula is C24H31FN4O. The predicted molar refractivity (Wildman–Crippen MR) is 114 cm³/mol. The second-order valence-electron chi connectivity index (χ2n) is 9.29. The third-order valence-corrected chi connectivity index (χ3v) is 7.33. The van der Waals surface area contributed by atoms with Gasteiger partial charge in [0.1, 0.15) is 5.82 Å². The largest absolute Gasteiger partial charge is 0.336 e. The number of halogens is 1. The summed E-state index contributed by atoms with van der Waals surface area (Å²) >= 11 is 0. The van der Waals surface area contributed by atoms with Crippen LogP contribution in [0.2, 0.25) is 0 Å².